The van der Waals surface area contributed by atoms with E-state index in [1.54, 1.807) is 49.4 Å². The second-order valence-electron chi connectivity index (χ2n) is 9.40. The highest BCUT2D eigenvalue weighted by Gasteiger charge is 2.27. The number of rotatable bonds is 11. The summed E-state index contributed by atoms with van der Waals surface area (Å²) in [6.45, 7) is 10.7. The predicted octanol–water partition coefficient (Wildman–Crippen LogP) is 5.38. The summed E-state index contributed by atoms with van der Waals surface area (Å²) >= 11 is 0. The average Bonchev–Trinajstić information content (AvgIpc) is 3.22. The van der Waals surface area contributed by atoms with Crippen LogP contribution in [0.4, 0.5) is 0 Å². The molecule has 1 aliphatic carbocycles. The molecule has 0 amide bonds. The summed E-state index contributed by atoms with van der Waals surface area (Å²) in [5.41, 5.74) is 4.68. The van der Waals surface area contributed by atoms with Crippen molar-refractivity contribution in [3.05, 3.63) is 102 Å². The normalized spacial score (nSPS) is 13.0. The van der Waals surface area contributed by atoms with Crippen LogP contribution in [0.3, 0.4) is 0 Å². The van der Waals surface area contributed by atoms with E-state index in [2.05, 4.69) is 13.2 Å². The summed E-state index contributed by atoms with van der Waals surface area (Å²) < 4.78 is 21.6. The van der Waals surface area contributed by atoms with E-state index in [4.69, 9.17) is 24.1 Å². The Morgan fingerprint density at radius 3 is 1.95 bits per heavy atom. The van der Waals surface area contributed by atoms with E-state index in [1.807, 2.05) is 25.1 Å². The molecule has 0 aromatic heterocycles. The molecule has 0 bridgehead atoms. The number of fused-ring (bicyclic) bond motifs is 3. The molecule has 0 fully saturated rings. The smallest absolute Gasteiger partial charge is 0.343 e. The van der Waals surface area contributed by atoms with Crippen LogP contribution in [0.25, 0.3) is 11.1 Å². The minimum absolute atomic E-state index is 0.0238. The largest absolute Gasteiger partial charge is 0.493 e. The Kier molecular flexibility index (Phi) is 8.81. The molecule has 3 aromatic rings. The maximum atomic E-state index is 12.8. The first-order valence-corrected chi connectivity index (χ1v) is 12.7. The maximum Gasteiger partial charge on any atom is 0.343 e. The zero-order valence-corrected chi connectivity index (χ0v) is 22.4. The Morgan fingerprint density at radius 1 is 0.800 bits per heavy atom. The molecule has 206 valence electrons. The summed E-state index contributed by atoms with van der Waals surface area (Å²) in [7, 11) is 0. The monoisotopic (exact) mass is 542 g/mol. The van der Waals surface area contributed by atoms with Crippen molar-refractivity contribution in [1.29, 1.82) is 0 Å². The van der Waals surface area contributed by atoms with Gasteiger partial charge in [0.25, 0.3) is 0 Å². The Morgan fingerprint density at radius 2 is 1.38 bits per heavy atom. The SMILES string of the molecule is C=C(C)C(=O)OCCCOc1ccc(C(=O)Oc2ccc3c(c2)C(C)c2cc(OC(=O)C(=C)CO)ccc2-3)cc1. The molecule has 4 rings (SSSR count). The topological polar surface area (TPSA) is 108 Å². The number of carbonyl (C=O) groups excluding carboxylic acids is 3. The number of esters is 3. The molecule has 0 radical (unpaired) electrons. The summed E-state index contributed by atoms with van der Waals surface area (Å²) in [6.07, 6.45) is 0.523. The zero-order valence-electron chi connectivity index (χ0n) is 22.4. The number of hydrogen-bond donors (Lipinski definition) is 1. The summed E-state index contributed by atoms with van der Waals surface area (Å²) in [4.78, 5) is 36.1. The van der Waals surface area contributed by atoms with Crippen molar-refractivity contribution < 1.29 is 38.4 Å². The van der Waals surface area contributed by atoms with Crippen LogP contribution in [0.1, 0.15) is 47.7 Å². The number of aliphatic hydroxyl groups is 1. The van der Waals surface area contributed by atoms with Crippen LogP contribution < -0.4 is 14.2 Å². The van der Waals surface area contributed by atoms with Crippen LogP contribution in [-0.4, -0.2) is 42.8 Å². The van der Waals surface area contributed by atoms with Gasteiger partial charge in [0.15, 0.2) is 0 Å². The fraction of sp³-hybridized carbons (Fsp3) is 0.219. The molecule has 8 nitrogen and oxygen atoms in total. The summed E-state index contributed by atoms with van der Waals surface area (Å²) in [5, 5.41) is 9.09. The van der Waals surface area contributed by atoms with Crippen molar-refractivity contribution in [2.24, 2.45) is 0 Å². The Bertz CT molecular complexity index is 1470. The molecule has 0 spiro atoms. The van der Waals surface area contributed by atoms with Gasteiger partial charge in [-0.05, 0) is 77.7 Å². The Labute approximate surface area is 232 Å². The van der Waals surface area contributed by atoms with Crippen LogP contribution >= 0.6 is 0 Å². The molecule has 1 N–H and O–H groups in total. The lowest BCUT2D eigenvalue weighted by Crippen LogP contribution is -2.13. The first kappa shape index (κ1) is 28.3. The molecule has 40 heavy (non-hydrogen) atoms. The first-order valence-electron chi connectivity index (χ1n) is 12.7. The quantitative estimate of drug-likeness (QED) is 0.149. The van der Waals surface area contributed by atoms with Gasteiger partial charge in [0, 0.05) is 17.9 Å². The van der Waals surface area contributed by atoms with E-state index in [0.29, 0.717) is 41.4 Å². The van der Waals surface area contributed by atoms with Crippen molar-refractivity contribution in [3.63, 3.8) is 0 Å². The van der Waals surface area contributed by atoms with Gasteiger partial charge in [0.2, 0.25) is 0 Å². The highest BCUT2D eigenvalue weighted by molar-refractivity contribution is 5.92. The molecule has 1 aliphatic rings. The molecule has 8 heteroatoms. The summed E-state index contributed by atoms with van der Waals surface area (Å²) in [5.74, 6) is -0.270. The van der Waals surface area contributed by atoms with Crippen molar-refractivity contribution in [3.8, 4) is 28.4 Å². The average molecular weight is 543 g/mol. The van der Waals surface area contributed by atoms with Crippen LogP contribution in [0, 0.1) is 0 Å². The van der Waals surface area contributed by atoms with Gasteiger partial charge in [-0.2, -0.15) is 0 Å². The van der Waals surface area contributed by atoms with Crippen LogP contribution in [0.15, 0.2) is 85.0 Å². The van der Waals surface area contributed by atoms with Gasteiger partial charge in [-0.15, -0.1) is 0 Å². The molecule has 3 aromatic carbocycles. The van der Waals surface area contributed by atoms with E-state index in [9.17, 15) is 14.4 Å². The second kappa shape index (κ2) is 12.4. The van der Waals surface area contributed by atoms with E-state index in [0.717, 1.165) is 22.3 Å². The van der Waals surface area contributed by atoms with Crippen molar-refractivity contribution in [2.75, 3.05) is 19.8 Å². The van der Waals surface area contributed by atoms with E-state index in [1.165, 1.54) is 0 Å². The molecular weight excluding hydrogens is 512 g/mol. The zero-order chi connectivity index (χ0) is 28.8. The van der Waals surface area contributed by atoms with Gasteiger partial charge < -0.3 is 24.1 Å². The molecule has 0 aliphatic heterocycles. The number of hydrogen-bond acceptors (Lipinski definition) is 8. The number of ether oxygens (including phenoxy) is 4. The van der Waals surface area contributed by atoms with E-state index >= 15 is 0 Å². The van der Waals surface area contributed by atoms with Gasteiger partial charge in [0.1, 0.15) is 17.2 Å². The minimum atomic E-state index is -0.680. The van der Waals surface area contributed by atoms with E-state index in [-0.39, 0.29) is 18.1 Å². The minimum Gasteiger partial charge on any atom is -0.493 e. The fourth-order valence-corrected chi connectivity index (χ4v) is 4.22. The van der Waals surface area contributed by atoms with Gasteiger partial charge in [-0.3, -0.25) is 0 Å². The highest BCUT2D eigenvalue weighted by Crippen LogP contribution is 2.47. The number of aliphatic hydroxyl groups excluding tert-OH is 1. The molecule has 1 atom stereocenters. The fourth-order valence-electron chi connectivity index (χ4n) is 4.22. The molecule has 1 unspecified atom stereocenters. The molecule has 0 heterocycles. The lowest BCUT2D eigenvalue weighted by atomic mass is 9.99. The van der Waals surface area contributed by atoms with Crippen LogP contribution in [0.5, 0.6) is 17.2 Å². The van der Waals surface area contributed by atoms with Crippen molar-refractivity contribution in [2.45, 2.75) is 26.2 Å². The van der Waals surface area contributed by atoms with Crippen LogP contribution in [0.2, 0.25) is 0 Å². The highest BCUT2D eigenvalue weighted by atomic mass is 16.5. The molecule has 0 saturated carbocycles. The lowest BCUT2D eigenvalue weighted by molar-refractivity contribution is -0.139. The van der Waals surface area contributed by atoms with Gasteiger partial charge in [-0.1, -0.05) is 32.2 Å². The van der Waals surface area contributed by atoms with Gasteiger partial charge >= 0.3 is 17.9 Å². The molecular formula is C32H30O8. The second-order valence-corrected chi connectivity index (χ2v) is 9.40. The molecule has 0 saturated heterocycles. The number of carbonyl (C=O) groups is 3. The third-order valence-corrected chi connectivity index (χ3v) is 6.40. The first-order chi connectivity index (χ1) is 19.2. The van der Waals surface area contributed by atoms with Crippen LogP contribution in [-0.2, 0) is 14.3 Å². The van der Waals surface area contributed by atoms with E-state index < -0.39 is 24.5 Å². The van der Waals surface area contributed by atoms with Crippen molar-refractivity contribution in [1.82, 2.24) is 0 Å². The Balaban J connectivity index is 1.35. The maximum absolute atomic E-state index is 12.8. The summed E-state index contributed by atoms with van der Waals surface area (Å²) in [6, 6.07) is 17.5. The van der Waals surface area contributed by atoms with Crippen molar-refractivity contribution >= 4 is 17.9 Å². The van der Waals surface area contributed by atoms with Gasteiger partial charge in [0.05, 0.1) is 31.0 Å². The standard InChI is InChI=1S/C32H30O8/c1-19(2)30(34)38-15-5-14-37-23-8-6-22(7-9-23)32(36)40-25-11-13-27-26-12-10-24(39-31(35)20(3)18-33)16-28(26)21(4)29(27)17-25/h6-13,16-17,21,33H,1,3,5,14-15,18H2,2,4H3. The predicted molar refractivity (Wildman–Crippen MR) is 149 cm³/mol. The third-order valence-electron chi connectivity index (χ3n) is 6.40. The third kappa shape index (κ3) is 6.47. The lowest BCUT2D eigenvalue weighted by Gasteiger charge is -2.10. The Hall–Kier alpha value is -4.69. The van der Waals surface area contributed by atoms with Gasteiger partial charge in [-0.25, -0.2) is 14.4 Å². The number of benzene rings is 3.